The Kier molecular flexibility index (Phi) is 3.22. The van der Waals surface area contributed by atoms with Crippen molar-refractivity contribution in [3.63, 3.8) is 0 Å². The van der Waals surface area contributed by atoms with Crippen molar-refractivity contribution >= 4 is 17.2 Å². The third-order valence-corrected chi connectivity index (χ3v) is 2.89. The zero-order valence-corrected chi connectivity index (χ0v) is 9.33. The molecule has 1 aromatic heterocycles. The standard InChI is InChI=1S/C12H11NO2S/c14-11-3-1-10(2-4-11)12(15)13-7-9-5-6-16-8-9/h1-6,8,14H,7H2,(H,13,15). The lowest BCUT2D eigenvalue weighted by Gasteiger charge is -2.03. The van der Waals surface area contributed by atoms with Crippen molar-refractivity contribution in [2.75, 3.05) is 0 Å². The summed E-state index contributed by atoms with van der Waals surface area (Å²) in [7, 11) is 0. The van der Waals surface area contributed by atoms with E-state index in [9.17, 15) is 4.79 Å². The van der Waals surface area contributed by atoms with E-state index in [1.807, 2.05) is 16.8 Å². The van der Waals surface area contributed by atoms with Crippen molar-refractivity contribution in [3.8, 4) is 5.75 Å². The smallest absolute Gasteiger partial charge is 0.251 e. The minimum Gasteiger partial charge on any atom is -0.508 e. The lowest BCUT2D eigenvalue weighted by atomic mass is 10.2. The van der Waals surface area contributed by atoms with Gasteiger partial charge in [0.1, 0.15) is 5.75 Å². The largest absolute Gasteiger partial charge is 0.508 e. The van der Waals surface area contributed by atoms with Gasteiger partial charge in [0, 0.05) is 12.1 Å². The van der Waals surface area contributed by atoms with Crippen LogP contribution in [0.4, 0.5) is 0 Å². The molecule has 16 heavy (non-hydrogen) atoms. The van der Waals surface area contributed by atoms with Crippen LogP contribution < -0.4 is 5.32 Å². The van der Waals surface area contributed by atoms with Crippen LogP contribution in [0.2, 0.25) is 0 Å². The molecule has 1 aromatic carbocycles. The molecule has 0 aliphatic heterocycles. The van der Waals surface area contributed by atoms with E-state index in [0.717, 1.165) is 5.56 Å². The van der Waals surface area contributed by atoms with Gasteiger partial charge in [-0.2, -0.15) is 11.3 Å². The van der Waals surface area contributed by atoms with Gasteiger partial charge in [-0.25, -0.2) is 0 Å². The highest BCUT2D eigenvalue weighted by Gasteiger charge is 2.04. The maximum absolute atomic E-state index is 11.7. The molecule has 4 heteroatoms. The Balaban J connectivity index is 1.95. The van der Waals surface area contributed by atoms with Gasteiger partial charge in [0.2, 0.25) is 0 Å². The van der Waals surface area contributed by atoms with Gasteiger partial charge in [-0.1, -0.05) is 0 Å². The number of carbonyl (C=O) groups excluding carboxylic acids is 1. The number of benzene rings is 1. The zero-order chi connectivity index (χ0) is 11.4. The second-order valence-electron chi connectivity index (χ2n) is 3.36. The first-order valence-electron chi connectivity index (χ1n) is 4.84. The molecule has 2 rings (SSSR count). The number of thiophene rings is 1. The number of aromatic hydroxyl groups is 1. The molecule has 0 aliphatic rings. The fourth-order valence-corrected chi connectivity index (χ4v) is 1.96. The van der Waals surface area contributed by atoms with E-state index in [-0.39, 0.29) is 11.7 Å². The molecule has 0 radical (unpaired) electrons. The maximum atomic E-state index is 11.7. The molecule has 2 N–H and O–H groups in total. The Hall–Kier alpha value is -1.81. The molecule has 1 amide bonds. The van der Waals surface area contributed by atoms with Crippen molar-refractivity contribution < 1.29 is 9.90 Å². The summed E-state index contributed by atoms with van der Waals surface area (Å²) in [5.74, 6) is 0.0283. The van der Waals surface area contributed by atoms with Crippen LogP contribution in [0.1, 0.15) is 15.9 Å². The summed E-state index contributed by atoms with van der Waals surface area (Å²) in [6.45, 7) is 0.531. The van der Waals surface area contributed by atoms with Crippen LogP contribution in [0.3, 0.4) is 0 Å². The third-order valence-electron chi connectivity index (χ3n) is 2.16. The SMILES string of the molecule is O=C(NCc1ccsc1)c1ccc(O)cc1. The normalized spacial score (nSPS) is 10.0. The Morgan fingerprint density at radius 2 is 2.00 bits per heavy atom. The fourth-order valence-electron chi connectivity index (χ4n) is 1.29. The highest BCUT2D eigenvalue weighted by Crippen LogP contribution is 2.10. The van der Waals surface area contributed by atoms with E-state index in [4.69, 9.17) is 5.11 Å². The molecule has 0 atom stereocenters. The van der Waals surface area contributed by atoms with Gasteiger partial charge in [0.25, 0.3) is 5.91 Å². The van der Waals surface area contributed by atoms with Gasteiger partial charge in [-0.15, -0.1) is 0 Å². The van der Waals surface area contributed by atoms with E-state index in [0.29, 0.717) is 12.1 Å². The van der Waals surface area contributed by atoms with Crippen LogP contribution in [0.5, 0.6) is 5.75 Å². The molecular weight excluding hydrogens is 222 g/mol. The first-order chi connectivity index (χ1) is 7.75. The Morgan fingerprint density at radius 1 is 1.25 bits per heavy atom. The van der Waals surface area contributed by atoms with Gasteiger partial charge in [-0.05, 0) is 46.7 Å². The topological polar surface area (TPSA) is 49.3 Å². The highest BCUT2D eigenvalue weighted by molar-refractivity contribution is 7.07. The monoisotopic (exact) mass is 233 g/mol. The molecule has 0 unspecified atom stereocenters. The van der Waals surface area contributed by atoms with Gasteiger partial charge in [-0.3, -0.25) is 4.79 Å². The van der Waals surface area contributed by atoms with Gasteiger partial charge in [0.05, 0.1) is 0 Å². The number of phenolic OH excluding ortho intramolecular Hbond substituents is 1. The second kappa shape index (κ2) is 4.81. The molecule has 2 aromatic rings. The highest BCUT2D eigenvalue weighted by atomic mass is 32.1. The minimum absolute atomic E-state index is 0.133. The van der Waals surface area contributed by atoms with E-state index in [1.165, 1.54) is 12.1 Å². The Bertz CT molecular complexity index is 462. The number of amides is 1. The van der Waals surface area contributed by atoms with Crippen LogP contribution in [-0.4, -0.2) is 11.0 Å². The summed E-state index contributed by atoms with van der Waals surface area (Å²) >= 11 is 1.60. The fraction of sp³-hybridized carbons (Fsp3) is 0.0833. The minimum atomic E-state index is -0.133. The molecule has 0 saturated carbocycles. The van der Waals surface area contributed by atoms with Crippen LogP contribution in [0.25, 0.3) is 0 Å². The number of phenols is 1. The summed E-state index contributed by atoms with van der Waals surface area (Å²) in [6, 6.07) is 8.16. The van der Waals surface area contributed by atoms with Crippen molar-refractivity contribution in [1.29, 1.82) is 0 Å². The molecular formula is C12H11NO2S. The predicted molar refractivity (Wildman–Crippen MR) is 63.6 cm³/mol. The van der Waals surface area contributed by atoms with E-state index in [2.05, 4.69) is 5.32 Å². The molecule has 0 bridgehead atoms. The first kappa shape index (κ1) is 10.7. The first-order valence-corrected chi connectivity index (χ1v) is 5.78. The maximum Gasteiger partial charge on any atom is 0.251 e. The second-order valence-corrected chi connectivity index (χ2v) is 4.14. The quantitative estimate of drug-likeness (QED) is 0.855. The van der Waals surface area contributed by atoms with Crippen molar-refractivity contribution in [3.05, 3.63) is 52.2 Å². The van der Waals surface area contributed by atoms with Gasteiger partial charge < -0.3 is 10.4 Å². The number of hydrogen-bond acceptors (Lipinski definition) is 3. The molecule has 0 saturated heterocycles. The average Bonchev–Trinajstić information content (AvgIpc) is 2.80. The van der Waals surface area contributed by atoms with Crippen LogP contribution in [0.15, 0.2) is 41.1 Å². The Labute approximate surface area is 97.4 Å². The number of carbonyl (C=O) groups is 1. The summed E-state index contributed by atoms with van der Waals surface area (Å²) in [5, 5.41) is 15.9. The summed E-state index contributed by atoms with van der Waals surface area (Å²) in [6.07, 6.45) is 0. The van der Waals surface area contributed by atoms with Crippen LogP contribution in [-0.2, 0) is 6.54 Å². The third kappa shape index (κ3) is 2.61. The number of rotatable bonds is 3. The predicted octanol–water partition coefficient (Wildman–Crippen LogP) is 2.38. The summed E-state index contributed by atoms with van der Waals surface area (Å²) < 4.78 is 0. The summed E-state index contributed by atoms with van der Waals surface area (Å²) in [4.78, 5) is 11.7. The van der Waals surface area contributed by atoms with Crippen molar-refractivity contribution in [2.45, 2.75) is 6.54 Å². The molecule has 82 valence electrons. The summed E-state index contributed by atoms with van der Waals surface area (Å²) in [5.41, 5.74) is 1.64. The molecule has 0 aliphatic carbocycles. The lowest BCUT2D eigenvalue weighted by molar-refractivity contribution is 0.0951. The molecule has 0 fully saturated rings. The Morgan fingerprint density at radius 3 is 2.62 bits per heavy atom. The van der Waals surface area contributed by atoms with Gasteiger partial charge >= 0.3 is 0 Å². The number of nitrogens with one attached hydrogen (secondary N) is 1. The van der Waals surface area contributed by atoms with Crippen LogP contribution in [0, 0.1) is 0 Å². The van der Waals surface area contributed by atoms with Crippen molar-refractivity contribution in [2.24, 2.45) is 0 Å². The molecule has 0 spiro atoms. The van der Waals surface area contributed by atoms with Gasteiger partial charge in [0.15, 0.2) is 0 Å². The lowest BCUT2D eigenvalue weighted by Crippen LogP contribution is -2.22. The molecule has 3 nitrogen and oxygen atoms in total. The molecule has 1 heterocycles. The zero-order valence-electron chi connectivity index (χ0n) is 8.51. The van der Waals surface area contributed by atoms with Crippen molar-refractivity contribution in [1.82, 2.24) is 5.32 Å². The van der Waals surface area contributed by atoms with Crippen LogP contribution >= 0.6 is 11.3 Å². The average molecular weight is 233 g/mol. The van der Waals surface area contributed by atoms with E-state index >= 15 is 0 Å². The number of hydrogen-bond donors (Lipinski definition) is 2. The van der Waals surface area contributed by atoms with E-state index < -0.39 is 0 Å². The van der Waals surface area contributed by atoms with E-state index in [1.54, 1.807) is 23.5 Å².